The number of nitro groups is 1. The fourth-order valence-electron chi connectivity index (χ4n) is 1.82. The van der Waals surface area contributed by atoms with E-state index in [1.807, 2.05) is 0 Å². The number of nitrogens with one attached hydrogen (secondary N) is 2. The third-order valence-corrected chi connectivity index (χ3v) is 3.23. The van der Waals surface area contributed by atoms with E-state index in [4.69, 9.17) is 16.3 Å². The van der Waals surface area contributed by atoms with Crippen LogP contribution in [0.3, 0.4) is 0 Å². The monoisotopic (exact) mass is 349 g/mol. The lowest BCUT2D eigenvalue weighted by Crippen LogP contribution is -2.29. The van der Waals surface area contributed by atoms with Gasteiger partial charge in [-0.3, -0.25) is 19.7 Å². The van der Waals surface area contributed by atoms with E-state index in [0.717, 1.165) is 6.07 Å². The van der Waals surface area contributed by atoms with Crippen LogP contribution >= 0.6 is 11.6 Å². The van der Waals surface area contributed by atoms with Crippen LogP contribution in [0.2, 0.25) is 5.02 Å². The molecular formula is C15H12ClN3O5. The van der Waals surface area contributed by atoms with Crippen molar-refractivity contribution in [2.24, 2.45) is 0 Å². The number of nitrogens with zero attached hydrogens (tertiary/aromatic N) is 1. The molecule has 0 fully saturated rings. The molecule has 0 atom stereocenters. The summed E-state index contributed by atoms with van der Waals surface area (Å²) in [5.41, 5.74) is 0.243. The Morgan fingerprint density at radius 1 is 1.08 bits per heavy atom. The predicted octanol–water partition coefficient (Wildman–Crippen LogP) is 2.83. The Kier molecular flexibility index (Phi) is 5.33. The lowest BCUT2D eigenvalue weighted by atomic mass is 10.2. The van der Waals surface area contributed by atoms with Crippen molar-refractivity contribution in [3.8, 4) is 5.75 Å². The van der Waals surface area contributed by atoms with E-state index in [2.05, 4.69) is 10.6 Å². The Balaban J connectivity index is 2.04. The maximum absolute atomic E-state index is 11.9. The topological polar surface area (TPSA) is 111 Å². The van der Waals surface area contributed by atoms with Crippen LogP contribution in [0.1, 0.15) is 0 Å². The number of benzene rings is 2. The van der Waals surface area contributed by atoms with E-state index >= 15 is 0 Å². The first-order valence-corrected chi connectivity index (χ1v) is 6.99. The Morgan fingerprint density at radius 3 is 2.25 bits per heavy atom. The summed E-state index contributed by atoms with van der Waals surface area (Å²) in [5.74, 6) is -1.49. The number of halogens is 1. The second-order valence-corrected chi connectivity index (χ2v) is 4.97. The van der Waals surface area contributed by atoms with Crippen molar-refractivity contribution in [1.29, 1.82) is 0 Å². The van der Waals surface area contributed by atoms with Gasteiger partial charge in [0, 0.05) is 23.5 Å². The molecule has 2 aromatic carbocycles. The van der Waals surface area contributed by atoms with Crippen molar-refractivity contribution in [1.82, 2.24) is 0 Å². The van der Waals surface area contributed by atoms with Gasteiger partial charge in [-0.2, -0.15) is 0 Å². The van der Waals surface area contributed by atoms with Gasteiger partial charge in [0.15, 0.2) is 0 Å². The minimum Gasteiger partial charge on any atom is -0.495 e. The average Bonchev–Trinajstić information content (AvgIpc) is 2.55. The van der Waals surface area contributed by atoms with Crippen LogP contribution in [-0.4, -0.2) is 23.8 Å². The quantitative estimate of drug-likeness (QED) is 0.501. The summed E-state index contributed by atoms with van der Waals surface area (Å²) in [7, 11) is 1.45. The normalized spacial score (nSPS) is 9.92. The number of hydrogen-bond acceptors (Lipinski definition) is 5. The van der Waals surface area contributed by atoms with E-state index < -0.39 is 16.7 Å². The van der Waals surface area contributed by atoms with Crippen molar-refractivity contribution in [3.05, 3.63) is 57.6 Å². The fourth-order valence-corrected chi connectivity index (χ4v) is 2.07. The van der Waals surface area contributed by atoms with Gasteiger partial charge in [-0.05, 0) is 24.3 Å². The van der Waals surface area contributed by atoms with Gasteiger partial charge in [-0.1, -0.05) is 17.7 Å². The molecule has 0 bridgehead atoms. The number of nitro benzene ring substituents is 1. The van der Waals surface area contributed by atoms with Crippen LogP contribution < -0.4 is 15.4 Å². The second-order valence-electron chi connectivity index (χ2n) is 4.57. The van der Waals surface area contributed by atoms with Crippen molar-refractivity contribution < 1.29 is 19.2 Å². The standard InChI is InChI=1S/C15H12ClN3O5/c1-24-13-6-5-10(8-12(13)16)18-15(21)14(20)17-9-3-2-4-11(7-9)19(22)23/h2-8H,1H3,(H,17,20)(H,18,21). The molecule has 0 spiro atoms. The number of hydrogen-bond donors (Lipinski definition) is 2. The summed E-state index contributed by atoms with van der Waals surface area (Å²) in [6.07, 6.45) is 0. The highest BCUT2D eigenvalue weighted by Gasteiger charge is 2.16. The molecule has 0 aliphatic heterocycles. The van der Waals surface area contributed by atoms with E-state index in [9.17, 15) is 19.7 Å². The highest BCUT2D eigenvalue weighted by Crippen LogP contribution is 2.27. The van der Waals surface area contributed by atoms with Gasteiger partial charge in [0.05, 0.1) is 17.1 Å². The first-order valence-electron chi connectivity index (χ1n) is 6.61. The Morgan fingerprint density at radius 2 is 1.71 bits per heavy atom. The summed E-state index contributed by atoms with van der Waals surface area (Å²) < 4.78 is 4.98. The number of methoxy groups -OCH3 is 1. The van der Waals surface area contributed by atoms with Crippen LogP contribution in [-0.2, 0) is 9.59 Å². The van der Waals surface area contributed by atoms with Crippen LogP contribution in [0.15, 0.2) is 42.5 Å². The van der Waals surface area contributed by atoms with Crippen molar-refractivity contribution >= 4 is 40.5 Å². The molecule has 2 rings (SSSR count). The van der Waals surface area contributed by atoms with Crippen molar-refractivity contribution in [3.63, 3.8) is 0 Å². The third-order valence-electron chi connectivity index (χ3n) is 2.93. The molecule has 24 heavy (non-hydrogen) atoms. The predicted molar refractivity (Wildman–Crippen MR) is 88.4 cm³/mol. The highest BCUT2D eigenvalue weighted by molar-refractivity contribution is 6.43. The van der Waals surface area contributed by atoms with Crippen molar-refractivity contribution in [2.45, 2.75) is 0 Å². The number of rotatable bonds is 4. The molecule has 0 unspecified atom stereocenters. The molecule has 9 heteroatoms. The van der Waals surface area contributed by atoms with Gasteiger partial charge < -0.3 is 15.4 Å². The molecule has 2 amide bonds. The molecule has 2 N–H and O–H groups in total. The van der Waals surface area contributed by atoms with Crippen LogP contribution in [0, 0.1) is 10.1 Å². The molecular weight excluding hydrogens is 338 g/mol. The molecule has 124 valence electrons. The zero-order valence-electron chi connectivity index (χ0n) is 12.4. The SMILES string of the molecule is COc1ccc(NC(=O)C(=O)Nc2cccc([N+](=O)[O-])c2)cc1Cl. The molecule has 0 radical (unpaired) electrons. The first kappa shape index (κ1) is 17.2. The summed E-state index contributed by atoms with van der Waals surface area (Å²) in [5, 5.41) is 15.6. The smallest absolute Gasteiger partial charge is 0.314 e. The lowest BCUT2D eigenvalue weighted by Gasteiger charge is -2.08. The molecule has 0 aliphatic carbocycles. The Hall–Kier alpha value is -3.13. The summed E-state index contributed by atoms with van der Waals surface area (Å²) in [4.78, 5) is 33.8. The van der Waals surface area contributed by atoms with Gasteiger partial charge in [0.2, 0.25) is 0 Å². The number of ether oxygens (including phenoxy) is 1. The third kappa shape index (κ3) is 4.20. The molecule has 0 aliphatic rings. The maximum atomic E-state index is 11.9. The number of carbonyl (C=O) groups is 2. The van der Waals surface area contributed by atoms with Crippen molar-refractivity contribution in [2.75, 3.05) is 17.7 Å². The van der Waals surface area contributed by atoms with Gasteiger partial charge in [0.1, 0.15) is 5.75 Å². The average molecular weight is 350 g/mol. The lowest BCUT2D eigenvalue weighted by molar-refractivity contribution is -0.384. The zero-order valence-corrected chi connectivity index (χ0v) is 13.2. The highest BCUT2D eigenvalue weighted by atomic mass is 35.5. The largest absolute Gasteiger partial charge is 0.495 e. The first-order chi connectivity index (χ1) is 11.4. The van der Waals surface area contributed by atoms with Crippen LogP contribution in [0.25, 0.3) is 0 Å². The molecule has 0 saturated heterocycles. The number of non-ortho nitro benzene ring substituents is 1. The van der Waals surface area contributed by atoms with E-state index in [1.54, 1.807) is 0 Å². The van der Waals surface area contributed by atoms with Crippen LogP contribution in [0.4, 0.5) is 17.1 Å². The minimum absolute atomic E-state index is 0.136. The Labute approximate surface area is 141 Å². The second kappa shape index (κ2) is 7.42. The van der Waals surface area contributed by atoms with E-state index in [1.165, 1.54) is 43.5 Å². The van der Waals surface area contributed by atoms with Gasteiger partial charge in [-0.15, -0.1) is 0 Å². The molecule has 2 aromatic rings. The molecule has 8 nitrogen and oxygen atoms in total. The molecule has 0 saturated carbocycles. The summed E-state index contributed by atoms with van der Waals surface area (Å²) in [6.45, 7) is 0. The van der Waals surface area contributed by atoms with Crippen LogP contribution in [0.5, 0.6) is 5.75 Å². The van der Waals surface area contributed by atoms with Gasteiger partial charge in [0.25, 0.3) is 5.69 Å². The number of anilines is 2. The fraction of sp³-hybridized carbons (Fsp3) is 0.0667. The number of amides is 2. The van der Waals surface area contributed by atoms with E-state index in [0.29, 0.717) is 11.4 Å². The Bertz CT molecular complexity index is 809. The van der Waals surface area contributed by atoms with Gasteiger partial charge in [-0.25, -0.2) is 0 Å². The molecule has 0 aromatic heterocycles. The van der Waals surface area contributed by atoms with Gasteiger partial charge >= 0.3 is 11.8 Å². The summed E-state index contributed by atoms with van der Waals surface area (Å²) >= 11 is 5.93. The minimum atomic E-state index is -0.970. The number of carbonyl (C=O) groups excluding carboxylic acids is 2. The zero-order chi connectivity index (χ0) is 17.7. The molecule has 0 heterocycles. The summed E-state index contributed by atoms with van der Waals surface area (Å²) in [6, 6.07) is 9.74. The maximum Gasteiger partial charge on any atom is 0.314 e. The van der Waals surface area contributed by atoms with E-state index in [-0.39, 0.29) is 16.4 Å².